The number of nitrogens with two attached hydrogens (primary N) is 1. The molecule has 1 aromatic carbocycles. The van der Waals surface area contributed by atoms with Crippen molar-refractivity contribution in [2.75, 3.05) is 20.3 Å². The molecule has 2 rings (SSSR count). The molecule has 2 atom stereocenters. The Bertz CT molecular complexity index is 327. The topological polar surface area (TPSA) is 44.5 Å². The molecule has 1 aliphatic carbocycles. The first kappa shape index (κ1) is 10.3. The molecule has 0 radical (unpaired) electrons. The molecule has 0 heterocycles. The predicted octanol–water partition coefficient (Wildman–Crippen LogP) is 1.67. The Morgan fingerprint density at radius 3 is 2.60 bits per heavy atom. The first-order chi connectivity index (χ1) is 7.35. The number of benzene rings is 1. The molecule has 1 fully saturated rings. The molecule has 1 saturated carbocycles. The molecule has 0 aliphatic heterocycles. The first-order valence-electron chi connectivity index (χ1n) is 5.31. The molecule has 82 valence electrons. The van der Waals surface area contributed by atoms with Gasteiger partial charge in [0.25, 0.3) is 0 Å². The second-order valence-corrected chi connectivity index (χ2v) is 3.95. The zero-order chi connectivity index (χ0) is 10.7. The number of ether oxygens (including phenoxy) is 2. The van der Waals surface area contributed by atoms with Crippen LogP contribution in [0.3, 0.4) is 0 Å². The summed E-state index contributed by atoms with van der Waals surface area (Å²) in [6.07, 6.45) is 1.20. The van der Waals surface area contributed by atoms with Crippen LogP contribution in [-0.2, 0) is 0 Å². The van der Waals surface area contributed by atoms with Gasteiger partial charge in [-0.05, 0) is 36.9 Å². The molecule has 1 aliphatic rings. The van der Waals surface area contributed by atoms with Crippen LogP contribution in [0, 0.1) is 11.8 Å². The largest absolute Gasteiger partial charge is 0.493 e. The Morgan fingerprint density at radius 1 is 1.27 bits per heavy atom. The number of para-hydroxylation sites is 2. The molecule has 0 amide bonds. The number of hydrogen-bond acceptors (Lipinski definition) is 3. The Balaban J connectivity index is 1.88. The van der Waals surface area contributed by atoms with E-state index in [9.17, 15) is 0 Å². The molecule has 2 N–H and O–H groups in total. The summed E-state index contributed by atoms with van der Waals surface area (Å²) in [5.41, 5.74) is 5.57. The molecule has 0 aromatic heterocycles. The zero-order valence-electron chi connectivity index (χ0n) is 8.98. The minimum atomic E-state index is 0.639. The second kappa shape index (κ2) is 4.53. The average molecular weight is 207 g/mol. The van der Waals surface area contributed by atoms with Crippen LogP contribution in [0.4, 0.5) is 0 Å². The van der Waals surface area contributed by atoms with E-state index < -0.39 is 0 Å². The van der Waals surface area contributed by atoms with Crippen LogP contribution in [0.1, 0.15) is 6.42 Å². The third-order valence-electron chi connectivity index (χ3n) is 2.89. The van der Waals surface area contributed by atoms with Gasteiger partial charge >= 0.3 is 0 Å². The van der Waals surface area contributed by atoms with Crippen LogP contribution in [0.2, 0.25) is 0 Å². The summed E-state index contributed by atoms with van der Waals surface area (Å²) in [5, 5.41) is 0. The molecule has 0 saturated heterocycles. The van der Waals surface area contributed by atoms with Crippen LogP contribution < -0.4 is 15.2 Å². The Labute approximate surface area is 90.2 Å². The number of hydrogen-bond donors (Lipinski definition) is 1. The molecule has 1 aromatic rings. The molecule has 3 heteroatoms. The maximum absolute atomic E-state index is 5.70. The summed E-state index contributed by atoms with van der Waals surface area (Å²) in [5.74, 6) is 2.92. The molecule has 0 bridgehead atoms. The zero-order valence-corrected chi connectivity index (χ0v) is 8.98. The van der Waals surface area contributed by atoms with Gasteiger partial charge in [-0.1, -0.05) is 12.1 Å². The molecule has 0 spiro atoms. The van der Waals surface area contributed by atoms with Crippen molar-refractivity contribution in [3.05, 3.63) is 24.3 Å². The fourth-order valence-electron chi connectivity index (χ4n) is 1.74. The summed E-state index contributed by atoms with van der Waals surface area (Å²) in [7, 11) is 1.65. The van der Waals surface area contributed by atoms with E-state index in [0.717, 1.165) is 24.7 Å². The lowest BCUT2D eigenvalue weighted by Gasteiger charge is -2.09. The van der Waals surface area contributed by atoms with Crippen molar-refractivity contribution in [3.8, 4) is 11.5 Å². The van der Waals surface area contributed by atoms with Gasteiger partial charge in [-0.3, -0.25) is 0 Å². The van der Waals surface area contributed by atoms with Crippen molar-refractivity contribution in [2.24, 2.45) is 17.6 Å². The van der Waals surface area contributed by atoms with Crippen LogP contribution >= 0.6 is 0 Å². The standard InChI is InChI=1S/C12H17NO2/c1-14-11-4-2-3-5-12(11)15-8-10-6-9(10)7-13/h2-5,9-10H,6-8,13H2,1H3. The minimum Gasteiger partial charge on any atom is -0.493 e. The summed E-state index contributed by atoms with van der Waals surface area (Å²) in [6.45, 7) is 1.53. The van der Waals surface area contributed by atoms with E-state index in [2.05, 4.69) is 0 Å². The third kappa shape index (κ3) is 2.42. The van der Waals surface area contributed by atoms with Crippen molar-refractivity contribution >= 4 is 0 Å². The van der Waals surface area contributed by atoms with Crippen molar-refractivity contribution in [1.82, 2.24) is 0 Å². The van der Waals surface area contributed by atoms with Gasteiger partial charge in [0.05, 0.1) is 13.7 Å². The first-order valence-corrected chi connectivity index (χ1v) is 5.31. The fourth-order valence-corrected chi connectivity index (χ4v) is 1.74. The van der Waals surface area contributed by atoms with E-state index >= 15 is 0 Å². The minimum absolute atomic E-state index is 0.639. The normalized spacial score (nSPS) is 23.6. The van der Waals surface area contributed by atoms with E-state index in [1.807, 2.05) is 24.3 Å². The molecular formula is C12H17NO2. The lowest BCUT2D eigenvalue weighted by Crippen LogP contribution is -2.07. The van der Waals surface area contributed by atoms with Gasteiger partial charge < -0.3 is 15.2 Å². The van der Waals surface area contributed by atoms with Gasteiger partial charge in [-0.2, -0.15) is 0 Å². The van der Waals surface area contributed by atoms with Crippen molar-refractivity contribution in [2.45, 2.75) is 6.42 Å². The number of rotatable bonds is 5. The summed E-state index contributed by atoms with van der Waals surface area (Å²) >= 11 is 0. The highest BCUT2D eigenvalue weighted by atomic mass is 16.5. The maximum atomic E-state index is 5.70. The van der Waals surface area contributed by atoms with Crippen molar-refractivity contribution in [1.29, 1.82) is 0 Å². The SMILES string of the molecule is COc1ccccc1OCC1CC1CN. The quantitative estimate of drug-likeness (QED) is 0.798. The van der Waals surface area contributed by atoms with E-state index in [4.69, 9.17) is 15.2 Å². The monoisotopic (exact) mass is 207 g/mol. The molecular weight excluding hydrogens is 190 g/mol. The number of methoxy groups -OCH3 is 1. The van der Waals surface area contributed by atoms with Crippen molar-refractivity contribution < 1.29 is 9.47 Å². The van der Waals surface area contributed by atoms with Gasteiger partial charge in [0.1, 0.15) is 0 Å². The summed E-state index contributed by atoms with van der Waals surface area (Å²) in [6, 6.07) is 7.72. The highest BCUT2D eigenvalue weighted by molar-refractivity contribution is 5.39. The summed E-state index contributed by atoms with van der Waals surface area (Å²) in [4.78, 5) is 0. The van der Waals surface area contributed by atoms with Crippen LogP contribution in [0.15, 0.2) is 24.3 Å². The summed E-state index contributed by atoms with van der Waals surface area (Å²) < 4.78 is 10.9. The van der Waals surface area contributed by atoms with Crippen molar-refractivity contribution in [3.63, 3.8) is 0 Å². The van der Waals surface area contributed by atoms with E-state index in [-0.39, 0.29) is 0 Å². The van der Waals surface area contributed by atoms with Crippen LogP contribution in [0.5, 0.6) is 11.5 Å². The fraction of sp³-hybridized carbons (Fsp3) is 0.500. The average Bonchev–Trinajstić information content (AvgIpc) is 3.05. The van der Waals surface area contributed by atoms with Crippen LogP contribution in [-0.4, -0.2) is 20.3 Å². The van der Waals surface area contributed by atoms with Gasteiger partial charge in [0, 0.05) is 0 Å². The van der Waals surface area contributed by atoms with Gasteiger partial charge in [-0.15, -0.1) is 0 Å². The highest BCUT2D eigenvalue weighted by Crippen LogP contribution is 2.38. The van der Waals surface area contributed by atoms with Gasteiger partial charge in [-0.25, -0.2) is 0 Å². The smallest absolute Gasteiger partial charge is 0.161 e. The lowest BCUT2D eigenvalue weighted by atomic mass is 10.3. The second-order valence-electron chi connectivity index (χ2n) is 3.95. The van der Waals surface area contributed by atoms with E-state index in [1.165, 1.54) is 6.42 Å². The Morgan fingerprint density at radius 2 is 2.00 bits per heavy atom. The molecule has 3 nitrogen and oxygen atoms in total. The molecule has 15 heavy (non-hydrogen) atoms. The van der Waals surface area contributed by atoms with Gasteiger partial charge in [0.15, 0.2) is 11.5 Å². The Kier molecular flexibility index (Phi) is 3.11. The van der Waals surface area contributed by atoms with Crippen LogP contribution in [0.25, 0.3) is 0 Å². The van der Waals surface area contributed by atoms with Gasteiger partial charge in [0.2, 0.25) is 0 Å². The van der Waals surface area contributed by atoms with E-state index in [0.29, 0.717) is 11.8 Å². The molecule has 2 unspecified atom stereocenters. The highest BCUT2D eigenvalue weighted by Gasteiger charge is 2.36. The van der Waals surface area contributed by atoms with E-state index in [1.54, 1.807) is 7.11 Å². The third-order valence-corrected chi connectivity index (χ3v) is 2.89. The Hall–Kier alpha value is -1.22. The predicted molar refractivity (Wildman–Crippen MR) is 59.1 cm³/mol. The lowest BCUT2D eigenvalue weighted by molar-refractivity contribution is 0.274. The maximum Gasteiger partial charge on any atom is 0.161 e.